The first kappa shape index (κ1) is 13.3. The highest BCUT2D eigenvalue weighted by Gasteiger charge is 2.02. The van der Waals surface area contributed by atoms with Gasteiger partial charge in [0.25, 0.3) is 0 Å². The molecule has 19 heavy (non-hydrogen) atoms. The van der Waals surface area contributed by atoms with Crippen LogP contribution in [0.2, 0.25) is 0 Å². The minimum atomic E-state index is 0.650. The van der Waals surface area contributed by atoms with E-state index in [2.05, 4.69) is 20.6 Å². The topological polar surface area (TPSA) is 59.1 Å². The first-order valence-electron chi connectivity index (χ1n) is 6.11. The van der Waals surface area contributed by atoms with Crippen molar-refractivity contribution in [1.29, 1.82) is 0 Å². The molecule has 2 N–H and O–H groups in total. The van der Waals surface area contributed by atoms with E-state index in [1.807, 2.05) is 38.2 Å². The highest BCUT2D eigenvalue weighted by Crippen LogP contribution is 2.23. The van der Waals surface area contributed by atoms with Gasteiger partial charge in [-0.3, -0.25) is 0 Å². The van der Waals surface area contributed by atoms with Gasteiger partial charge < -0.3 is 15.4 Å². The summed E-state index contributed by atoms with van der Waals surface area (Å²) in [6.07, 6.45) is 1.75. The molecule has 1 aromatic heterocycles. The van der Waals surface area contributed by atoms with Crippen LogP contribution < -0.4 is 15.4 Å². The van der Waals surface area contributed by atoms with Crippen molar-refractivity contribution in [2.45, 2.75) is 13.5 Å². The molecule has 1 heterocycles. The fraction of sp³-hybridized carbons (Fsp3) is 0.286. The summed E-state index contributed by atoms with van der Waals surface area (Å²) in [6, 6.07) is 7.77. The van der Waals surface area contributed by atoms with Crippen LogP contribution in [-0.2, 0) is 6.54 Å². The van der Waals surface area contributed by atoms with Crippen LogP contribution in [0.3, 0.4) is 0 Å². The Morgan fingerprint density at radius 3 is 2.79 bits per heavy atom. The zero-order valence-electron chi connectivity index (χ0n) is 11.4. The maximum absolute atomic E-state index is 5.24. The number of benzene rings is 1. The van der Waals surface area contributed by atoms with Gasteiger partial charge in [0.2, 0.25) is 0 Å². The van der Waals surface area contributed by atoms with Gasteiger partial charge in [-0.1, -0.05) is 0 Å². The van der Waals surface area contributed by atoms with Crippen LogP contribution in [0.5, 0.6) is 5.75 Å². The van der Waals surface area contributed by atoms with Gasteiger partial charge in [0.15, 0.2) is 0 Å². The molecule has 0 radical (unpaired) electrons. The lowest BCUT2D eigenvalue weighted by atomic mass is 10.2. The fourth-order valence-electron chi connectivity index (χ4n) is 1.82. The minimum absolute atomic E-state index is 0.650. The largest absolute Gasteiger partial charge is 0.496 e. The number of aromatic nitrogens is 2. The van der Waals surface area contributed by atoms with Crippen LogP contribution in [0.25, 0.3) is 0 Å². The van der Waals surface area contributed by atoms with Gasteiger partial charge in [-0.05, 0) is 43.8 Å². The molecule has 0 amide bonds. The van der Waals surface area contributed by atoms with Crippen molar-refractivity contribution in [3.8, 4) is 5.75 Å². The van der Waals surface area contributed by atoms with Gasteiger partial charge in [0.1, 0.15) is 17.4 Å². The smallest absolute Gasteiger partial charge is 0.144 e. The number of nitrogens with one attached hydrogen (secondary N) is 2. The van der Waals surface area contributed by atoms with Gasteiger partial charge in [-0.2, -0.15) is 0 Å². The number of nitrogens with zero attached hydrogens (tertiary/aromatic N) is 2. The summed E-state index contributed by atoms with van der Waals surface area (Å²) in [5.74, 6) is 2.42. The van der Waals surface area contributed by atoms with E-state index in [4.69, 9.17) is 4.74 Å². The first-order chi connectivity index (χ1) is 9.22. The molecule has 0 aliphatic heterocycles. The van der Waals surface area contributed by atoms with E-state index < -0.39 is 0 Å². The lowest BCUT2D eigenvalue weighted by Crippen LogP contribution is -2.09. The third kappa shape index (κ3) is 3.42. The number of rotatable bonds is 5. The van der Waals surface area contributed by atoms with Crippen molar-refractivity contribution in [2.75, 3.05) is 19.5 Å². The lowest BCUT2D eigenvalue weighted by molar-refractivity contribution is 0.412. The zero-order valence-corrected chi connectivity index (χ0v) is 11.4. The van der Waals surface area contributed by atoms with Crippen LogP contribution in [-0.4, -0.2) is 24.1 Å². The highest BCUT2D eigenvalue weighted by atomic mass is 16.5. The molecule has 2 rings (SSSR count). The van der Waals surface area contributed by atoms with E-state index in [0.717, 1.165) is 28.6 Å². The summed E-state index contributed by atoms with van der Waals surface area (Å²) in [4.78, 5) is 8.60. The van der Waals surface area contributed by atoms with E-state index in [-0.39, 0.29) is 0 Å². The quantitative estimate of drug-likeness (QED) is 0.861. The summed E-state index contributed by atoms with van der Waals surface area (Å²) < 4.78 is 5.24. The summed E-state index contributed by atoms with van der Waals surface area (Å²) in [5.41, 5.74) is 2.06. The van der Waals surface area contributed by atoms with Crippen molar-refractivity contribution in [1.82, 2.24) is 15.3 Å². The third-order valence-electron chi connectivity index (χ3n) is 2.71. The molecule has 100 valence electrons. The summed E-state index contributed by atoms with van der Waals surface area (Å²) in [6.45, 7) is 2.66. The molecule has 1 aromatic carbocycles. The van der Waals surface area contributed by atoms with Gasteiger partial charge >= 0.3 is 0 Å². The SMILES string of the molecule is CNCc1nccc(Nc2ccc(OC)c(C)c2)n1. The molecule has 5 nitrogen and oxygen atoms in total. The van der Waals surface area contributed by atoms with E-state index in [0.29, 0.717) is 6.54 Å². The Bertz CT molecular complexity index is 557. The van der Waals surface area contributed by atoms with Crippen molar-refractivity contribution in [2.24, 2.45) is 0 Å². The Morgan fingerprint density at radius 2 is 2.11 bits per heavy atom. The maximum atomic E-state index is 5.24. The fourth-order valence-corrected chi connectivity index (χ4v) is 1.82. The first-order valence-corrected chi connectivity index (χ1v) is 6.11. The third-order valence-corrected chi connectivity index (χ3v) is 2.71. The average Bonchev–Trinajstić information content (AvgIpc) is 2.40. The number of anilines is 2. The van der Waals surface area contributed by atoms with Crippen LogP contribution in [0.15, 0.2) is 30.5 Å². The Kier molecular flexibility index (Phi) is 4.30. The molecule has 5 heteroatoms. The van der Waals surface area contributed by atoms with Gasteiger partial charge in [-0.25, -0.2) is 9.97 Å². The van der Waals surface area contributed by atoms with Gasteiger partial charge in [-0.15, -0.1) is 0 Å². The molecule has 0 bridgehead atoms. The molecule has 0 saturated carbocycles. The second-order valence-corrected chi connectivity index (χ2v) is 4.20. The molecule has 0 fully saturated rings. The normalized spacial score (nSPS) is 10.3. The van der Waals surface area contributed by atoms with Crippen molar-refractivity contribution < 1.29 is 4.74 Å². The predicted octanol–water partition coefficient (Wildman–Crippen LogP) is 2.26. The molecule has 2 aromatic rings. The highest BCUT2D eigenvalue weighted by molar-refractivity contribution is 5.58. The second-order valence-electron chi connectivity index (χ2n) is 4.20. The Morgan fingerprint density at radius 1 is 1.26 bits per heavy atom. The van der Waals surface area contributed by atoms with Gasteiger partial charge in [0, 0.05) is 11.9 Å². The molecule has 0 atom stereocenters. The Hall–Kier alpha value is -2.14. The average molecular weight is 258 g/mol. The Labute approximate surface area is 113 Å². The lowest BCUT2D eigenvalue weighted by Gasteiger charge is -2.10. The number of aryl methyl sites for hydroxylation is 1. The molecule has 0 unspecified atom stereocenters. The van der Waals surface area contributed by atoms with E-state index in [1.165, 1.54) is 0 Å². The molecule has 0 spiro atoms. The number of methoxy groups -OCH3 is 1. The molecular formula is C14H18N4O. The second kappa shape index (κ2) is 6.15. The minimum Gasteiger partial charge on any atom is -0.496 e. The van der Waals surface area contributed by atoms with Crippen molar-refractivity contribution >= 4 is 11.5 Å². The summed E-state index contributed by atoms with van der Waals surface area (Å²) in [5, 5.41) is 6.29. The van der Waals surface area contributed by atoms with E-state index in [1.54, 1.807) is 13.3 Å². The standard InChI is InChI=1S/C14H18N4O/c1-10-8-11(4-5-12(10)19-3)17-13-6-7-16-14(18-13)9-15-2/h4-8,15H,9H2,1-3H3,(H,16,17,18). The number of hydrogen-bond donors (Lipinski definition) is 2. The molecule has 0 saturated heterocycles. The number of ether oxygens (including phenoxy) is 1. The molecule has 0 aliphatic rings. The molecule has 0 aliphatic carbocycles. The van der Waals surface area contributed by atoms with Crippen LogP contribution in [0, 0.1) is 6.92 Å². The van der Waals surface area contributed by atoms with E-state index >= 15 is 0 Å². The van der Waals surface area contributed by atoms with Crippen LogP contribution in [0.4, 0.5) is 11.5 Å². The van der Waals surface area contributed by atoms with Crippen LogP contribution in [0.1, 0.15) is 11.4 Å². The summed E-state index contributed by atoms with van der Waals surface area (Å²) in [7, 11) is 3.54. The maximum Gasteiger partial charge on any atom is 0.144 e. The summed E-state index contributed by atoms with van der Waals surface area (Å²) >= 11 is 0. The van der Waals surface area contributed by atoms with Gasteiger partial charge in [0.05, 0.1) is 13.7 Å². The van der Waals surface area contributed by atoms with E-state index in [9.17, 15) is 0 Å². The monoisotopic (exact) mass is 258 g/mol. The van der Waals surface area contributed by atoms with Crippen molar-refractivity contribution in [3.05, 3.63) is 41.9 Å². The zero-order chi connectivity index (χ0) is 13.7. The number of hydrogen-bond acceptors (Lipinski definition) is 5. The Balaban J connectivity index is 2.16. The van der Waals surface area contributed by atoms with Crippen molar-refractivity contribution in [3.63, 3.8) is 0 Å². The molecular weight excluding hydrogens is 240 g/mol. The predicted molar refractivity (Wildman–Crippen MR) is 75.8 cm³/mol. The van der Waals surface area contributed by atoms with Crippen LogP contribution >= 0.6 is 0 Å².